The molecule has 0 spiro atoms. The summed E-state index contributed by atoms with van der Waals surface area (Å²) in [4.78, 5) is 4.24. The summed E-state index contributed by atoms with van der Waals surface area (Å²) in [6.07, 6.45) is 10.3. The highest BCUT2D eigenvalue weighted by Gasteiger charge is 2.17. The summed E-state index contributed by atoms with van der Waals surface area (Å²) >= 11 is 0. The monoisotopic (exact) mass is 238 g/mol. The van der Waals surface area contributed by atoms with Crippen LogP contribution in [0.2, 0.25) is 0 Å². The third kappa shape index (κ3) is 3.01. The lowest BCUT2D eigenvalue weighted by atomic mass is 10.2. The first kappa shape index (κ1) is 12.6. The van der Waals surface area contributed by atoms with E-state index in [1.54, 1.807) is 18.4 Å². The van der Waals surface area contributed by atoms with Gasteiger partial charge in [-0.3, -0.25) is 4.99 Å². The highest BCUT2D eigenvalue weighted by Crippen LogP contribution is 2.19. The zero-order chi connectivity index (χ0) is 12.0. The van der Waals surface area contributed by atoms with E-state index >= 15 is 0 Å². The second-order valence-electron chi connectivity index (χ2n) is 3.02. The van der Waals surface area contributed by atoms with Gasteiger partial charge in [0.25, 0.3) is 0 Å². The van der Waals surface area contributed by atoms with Gasteiger partial charge in [-0.25, -0.2) is 13.1 Å². The third-order valence-corrected chi connectivity index (χ3v) is 3.48. The van der Waals surface area contributed by atoms with Crippen molar-refractivity contribution in [3.8, 4) is 0 Å². The van der Waals surface area contributed by atoms with Crippen LogP contribution in [0.4, 0.5) is 0 Å². The smallest absolute Gasteiger partial charge is 0.242 e. The molecule has 1 aliphatic rings. The number of sulfonamides is 1. The van der Waals surface area contributed by atoms with Gasteiger partial charge in [-0.15, -0.1) is 0 Å². The van der Waals surface area contributed by atoms with Gasteiger partial charge in [0.05, 0.1) is 5.70 Å². The van der Waals surface area contributed by atoms with Gasteiger partial charge in [-0.1, -0.05) is 24.8 Å². The fourth-order valence-corrected chi connectivity index (χ4v) is 2.12. The molecule has 0 aromatic heterocycles. The minimum Gasteiger partial charge on any atom is -0.260 e. The second-order valence-corrected chi connectivity index (χ2v) is 4.88. The van der Waals surface area contributed by atoms with Crippen LogP contribution in [0.15, 0.2) is 52.6 Å². The van der Waals surface area contributed by atoms with E-state index in [1.165, 1.54) is 19.2 Å². The van der Waals surface area contributed by atoms with Gasteiger partial charge >= 0.3 is 0 Å². The highest BCUT2D eigenvalue weighted by molar-refractivity contribution is 7.93. The van der Waals surface area contributed by atoms with Crippen molar-refractivity contribution in [2.75, 3.05) is 7.05 Å². The Labute approximate surface area is 95.8 Å². The van der Waals surface area contributed by atoms with Crippen LogP contribution in [0.3, 0.4) is 0 Å². The van der Waals surface area contributed by atoms with Crippen molar-refractivity contribution in [2.24, 2.45) is 4.99 Å². The van der Waals surface area contributed by atoms with Gasteiger partial charge in [0.1, 0.15) is 4.91 Å². The molecule has 4 nitrogen and oxygen atoms in total. The molecule has 0 aromatic carbocycles. The zero-order valence-corrected chi connectivity index (χ0v) is 9.87. The molecule has 1 heterocycles. The van der Waals surface area contributed by atoms with E-state index in [4.69, 9.17) is 0 Å². The first-order valence-electron chi connectivity index (χ1n) is 4.77. The van der Waals surface area contributed by atoms with Crippen LogP contribution in [-0.2, 0) is 10.0 Å². The summed E-state index contributed by atoms with van der Waals surface area (Å²) in [6, 6.07) is 0. The first-order chi connectivity index (χ1) is 7.61. The van der Waals surface area contributed by atoms with Gasteiger partial charge in [-0.2, -0.15) is 0 Å². The molecule has 1 aliphatic heterocycles. The molecule has 0 saturated carbocycles. The fraction of sp³-hybridized carbons (Fsp3) is 0.182. The standard InChI is InChI=1S/C11H14N2O2S/c1-3-4-8-11(16(14,15)12-2)10-7-5-6-9-13-10/h3-6,8-9,12H,1,7H2,2H3/b8-4-,11-10-. The van der Waals surface area contributed by atoms with Crippen LogP contribution in [-0.4, -0.2) is 21.7 Å². The van der Waals surface area contributed by atoms with E-state index in [0.29, 0.717) is 12.1 Å². The van der Waals surface area contributed by atoms with Crippen LogP contribution in [0.1, 0.15) is 6.42 Å². The summed E-state index contributed by atoms with van der Waals surface area (Å²) in [5.74, 6) is 0. The van der Waals surface area contributed by atoms with Crippen LogP contribution in [0.25, 0.3) is 0 Å². The van der Waals surface area contributed by atoms with Crippen molar-refractivity contribution < 1.29 is 8.42 Å². The first-order valence-corrected chi connectivity index (χ1v) is 6.25. The Morgan fingerprint density at radius 1 is 1.62 bits per heavy atom. The lowest BCUT2D eigenvalue weighted by Crippen LogP contribution is -2.20. The van der Waals surface area contributed by atoms with Crippen molar-refractivity contribution in [3.05, 3.63) is 47.6 Å². The zero-order valence-electron chi connectivity index (χ0n) is 9.05. The third-order valence-electron chi connectivity index (χ3n) is 1.99. The van der Waals surface area contributed by atoms with E-state index in [0.717, 1.165) is 0 Å². The lowest BCUT2D eigenvalue weighted by molar-refractivity contribution is 0.595. The summed E-state index contributed by atoms with van der Waals surface area (Å²) in [6.45, 7) is 3.51. The number of allylic oxidation sites excluding steroid dienone is 5. The van der Waals surface area contributed by atoms with Crippen molar-refractivity contribution in [1.82, 2.24) is 4.72 Å². The van der Waals surface area contributed by atoms with Gasteiger partial charge in [0, 0.05) is 12.6 Å². The molecule has 1 rings (SSSR count). The van der Waals surface area contributed by atoms with E-state index < -0.39 is 10.0 Å². The molecule has 0 bridgehead atoms. The van der Waals surface area contributed by atoms with Crippen LogP contribution >= 0.6 is 0 Å². The van der Waals surface area contributed by atoms with Crippen molar-refractivity contribution in [3.63, 3.8) is 0 Å². The summed E-state index contributed by atoms with van der Waals surface area (Å²) < 4.78 is 25.8. The molecular weight excluding hydrogens is 224 g/mol. The largest absolute Gasteiger partial charge is 0.260 e. The number of nitrogens with one attached hydrogen (secondary N) is 1. The molecule has 0 amide bonds. The molecule has 0 saturated heterocycles. The predicted octanol–water partition coefficient (Wildman–Crippen LogP) is 1.52. The maximum Gasteiger partial charge on any atom is 0.242 e. The molecule has 0 aromatic rings. The number of aliphatic imine (C=N–C) groups is 1. The summed E-state index contributed by atoms with van der Waals surface area (Å²) in [5.41, 5.74) is 0.523. The SMILES string of the molecule is C=C/C=C\C(=C1/CC=CC=N1)S(=O)(=O)NC. The lowest BCUT2D eigenvalue weighted by Gasteiger charge is -2.09. The van der Waals surface area contributed by atoms with Gasteiger partial charge < -0.3 is 0 Å². The topological polar surface area (TPSA) is 58.5 Å². The molecule has 86 valence electrons. The van der Waals surface area contributed by atoms with Crippen LogP contribution < -0.4 is 4.72 Å². The summed E-state index contributed by atoms with van der Waals surface area (Å²) in [5, 5.41) is 0. The molecular formula is C11H14N2O2S. The molecule has 0 unspecified atom stereocenters. The minimum absolute atomic E-state index is 0.176. The highest BCUT2D eigenvalue weighted by atomic mass is 32.2. The van der Waals surface area contributed by atoms with Gasteiger partial charge in [-0.05, 0) is 19.2 Å². The average Bonchev–Trinajstić information content (AvgIpc) is 2.31. The molecule has 5 heteroatoms. The average molecular weight is 238 g/mol. The fourth-order valence-electron chi connectivity index (χ4n) is 1.20. The Balaban J connectivity index is 3.25. The predicted molar refractivity (Wildman–Crippen MR) is 66.6 cm³/mol. The van der Waals surface area contributed by atoms with Crippen LogP contribution in [0.5, 0.6) is 0 Å². The van der Waals surface area contributed by atoms with Gasteiger partial charge in [0.2, 0.25) is 10.0 Å². The molecule has 0 atom stereocenters. The van der Waals surface area contributed by atoms with E-state index in [1.807, 2.05) is 6.08 Å². The van der Waals surface area contributed by atoms with Crippen molar-refractivity contribution >= 4 is 16.2 Å². The Morgan fingerprint density at radius 3 is 2.88 bits per heavy atom. The van der Waals surface area contributed by atoms with E-state index in [9.17, 15) is 8.42 Å². The number of rotatable bonds is 4. The Kier molecular flexibility index (Phi) is 4.39. The number of hydrogen-bond acceptors (Lipinski definition) is 3. The molecule has 0 radical (unpaired) electrons. The van der Waals surface area contributed by atoms with Gasteiger partial charge in [0.15, 0.2) is 0 Å². The summed E-state index contributed by atoms with van der Waals surface area (Å²) in [7, 11) is -2.11. The number of hydrogen-bond donors (Lipinski definition) is 1. The normalized spacial score (nSPS) is 19.1. The molecule has 1 N–H and O–H groups in total. The Morgan fingerprint density at radius 2 is 2.38 bits per heavy atom. The molecule has 16 heavy (non-hydrogen) atoms. The number of nitrogens with zero attached hydrogens (tertiary/aromatic N) is 1. The van der Waals surface area contributed by atoms with Crippen molar-refractivity contribution in [1.29, 1.82) is 0 Å². The van der Waals surface area contributed by atoms with E-state index in [2.05, 4.69) is 16.3 Å². The maximum atomic E-state index is 11.8. The van der Waals surface area contributed by atoms with Crippen molar-refractivity contribution in [2.45, 2.75) is 6.42 Å². The maximum absolute atomic E-state index is 11.8. The Bertz CT molecular complexity index is 482. The second kappa shape index (κ2) is 5.58. The molecule has 0 fully saturated rings. The number of dihydropyridines is 1. The molecule has 0 aliphatic carbocycles. The van der Waals surface area contributed by atoms with Crippen LogP contribution in [0, 0.1) is 0 Å². The Hall–Kier alpha value is -1.46. The quantitative estimate of drug-likeness (QED) is 0.755. The van der Waals surface area contributed by atoms with E-state index in [-0.39, 0.29) is 4.91 Å². The minimum atomic E-state index is -3.48.